The number of hydrogen-bond donors (Lipinski definition) is 1. The molecule has 7 aliphatic carbocycles. The Balaban J connectivity index is 1.14. The van der Waals surface area contributed by atoms with Crippen LogP contribution in [0, 0.1) is 35.5 Å². The number of nitrogens with one attached hydrogen (secondary N) is 1. The third-order valence-electron chi connectivity index (χ3n) is 11.8. The van der Waals surface area contributed by atoms with Gasteiger partial charge in [-0.3, -0.25) is 0 Å². The molecule has 0 amide bonds. The number of benzene rings is 1. The first-order valence-corrected chi connectivity index (χ1v) is 15.6. The van der Waals surface area contributed by atoms with Crippen LogP contribution in [-0.4, -0.2) is 18.2 Å². The van der Waals surface area contributed by atoms with E-state index in [1.807, 2.05) is 0 Å². The van der Waals surface area contributed by atoms with E-state index in [1.54, 1.807) is 16.7 Å². The Labute approximate surface area is 233 Å². The summed E-state index contributed by atoms with van der Waals surface area (Å²) < 4.78 is 6.51. The number of rotatable bonds is 2. The Morgan fingerprint density at radius 1 is 0.769 bits per heavy atom. The second-order valence-corrected chi connectivity index (χ2v) is 13.3. The summed E-state index contributed by atoms with van der Waals surface area (Å²) in [7, 11) is 0. The van der Waals surface area contributed by atoms with Crippen molar-refractivity contribution in [3.63, 3.8) is 0 Å². The lowest BCUT2D eigenvalue weighted by Gasteiger charge is -2.42. The lowest BCUT2D eigenvalue weighted by molar-refractivity contribution is 0.0814. The van der Waals surface area contributed by atoms with Crippen LogP contribution >= 0.6 is 0 Å². The summed E-state index contributed by atoms with van der Waals surface area (Å²) in [4.78, 5) is 0. The molecule has 1 heterocycles. The first-order valence-electron chi connectivity index (χ1n) is 15.6. The zero-order chi connectivity index (χ0) is 25.6. The standard InChI is InChI=1S/C37H39NO/c1-5-14-29-24(10-1)25-11-2-6-15-30(25)37(29)31-16-7-3-12-26(31)27-21-20-23(22-32(27)37)38-33-17-9-19-35-36(33)28-13-4-8-18-34(28)39-35/h1-2,5-11,14-19,22-24,26-29,31,34-36,38H,3-4,12-13,20-21H2. The van der Waals surface area contributed by atoms with Crippen molar-refractivity contribution in [2.24, 2.45) is 35.5 Å². The average molecular weight is 514 g/mol. The molecule has 1 aromatic carbocycles. The van der Waals surface area contributed by atoms with Gasteiger partial charge in [0.05, 0.1) is 12.2 Å². The molecule has 39 heavy (non-hydrogen) atoms. The van der Waals surface area contributed by atoms with Gasteiger partial charge in [-0.2, -0.15) is 0 Å². The van der Waals surface area contributed by atoms with Crippen molar-refractivity contribution in [1.29, 1.82) is 0 Å². The highest BCUT2D eigenvalue weighted by Gasteiger charge is 2.64. The smallest absolute Gasteiger partial charge is 0.0853 e. The minimum atomic E-state index is 0.0915. The summed E-state index contributed by atoms with van der Waals surface area (Å²) in [5.41, 5.74) is 6.46. The van der Waals surface area contributed by atoms with Crippen LogP contribution in [0.15, 0.2) is 108 Å². The molecule has 8 aliphatic rings. The van der Waals surface area contributed by atoms with E-state index in [4.69, 9.17) is 4.74 Å². The molecule has 2 heteroatoms. The Morgan fingerprint density at radius 2 is 1.64 bits per heavy atom. The van der Waals surface area contributed by atoms with E-state index < -0.39 is 0 Å². The Hall–Kier alpha value is -2.84. The van der Waals surface area contributed by atoms with Crippen LogP contribution in [0.5, 0.6) is 0 Å². The number of fused-ring (bicyclic) bond motifs is 13. The monoisotopic (exact) mass is 513 g/mol. The molecule has 1 saturated heterocycles. The summed E-state index contributed by atoms with van der Waals surface area (Å²) in [5, 5.41) is 4.14. The summed E-state index contributed by atoms with van der Waals surface area (Å²) in [6.45, 7) is 0. The number of allylic oxidation sites excluding steroid dienone is 10. The van der Waals surface area contributed by atoms with E-state index in [1.165, 1.54) is 44.2 Å². The van der Waals surface area contributed by atoms with Gasteiger partial charge in [0.25, 0.3) is 0 Å². The number of hydrogen-bond acceptors (Lipinski definition) is 2. The quantitative estimate of drug-likeness (QED) is 0.415. The molecule has 1 N–H and O–H groups in total. The van der Waals surface area contributed by atoms with Gasteiger partial charge in [-0.25, -0.2) is 0 Å². The molecule has 1 spiro atoms. The zero-order valence-corrected chi connectivity index (χ0v) is 22.7. The molecule has 11 atom stereocenters. The lowest BCUT2D eigenvalue weighted by atomic mass is 9.61. The molecule has 1 aliphatic heterocycles. The van der Waals surface area contributed by atoms with Gasteiger partial charge in [0, 0.05) is 40.8 Å². The van der Waals surface area contributed by atoms with Crippen LogP contribution in [0.4, 0.5) is 0 Å². The highest BCUT2D eigenvalue weighted by atomic mass is 16.5. The lowest BCUT2D eigenvalue weighted by Crippen LogP contribution is -2.41. The molecular weight excluding hydrogens is 474 g/mol. The van der Waals surface area contributed by atoms with Gasteiger partial charge in [0.2, 0.25) is 0 Å². The van der Waals surface area contributed by atoms with E-state index in [9.17, 15) is 0 Å². The Bertz CT molecular complexity index is 1400. The highest BCUT2D eigenvalue weighted by molar-refractivity contribution is 5.60. The zero-order valence-electron chi connectivity index (χ0n) is 22.7. The van der Waals surface area contributed by atoms with Gasteiger partial charge in [0.15, 0.2) is 0 Å². The molecule has 0 radical (unpaired) electrons. The first-order chi connectivity index (χ1) is 19.3. The minimum Gasteiger partial charge on any atom is -0.382 e. The second kappa shape index (κ2) is 8.58. The van der Waals surface area contributed by atoms with Crippen molar-refractivity contribution in [2.45, 2.75) is 68.1 Å². The third-order valence-corrected chi connectivity index (χ3v) is 11.8. The van der Waals surface area contributed by atoms with Crippen LogP contribution in [0.2, 0.25) is 0 Å². The molecule has 1 aromatic rings. The molecule has 2 fully saturated rings. The van der Waals surface area contributed by atoms with E-state index in [-0.39, 0.29) is 17.6 Å². The van der Waals surface area contributed by atoms with Gasteiger partial charge in [-0.05, 0) is 73.5 Å². The summed E-state index contributed by atoms with van der Waals surface area (Å²) in [6, 6.07) is 9.86. The predicted molar refractivity (Wildman–Crippen MR) is 157 cm³/mol. The van der Waals surface area contributed by atoms with E-state index in [0.717, 1.165) is 5.92 Å². The van der Waals surface area contributed by atoms with Gasteiger partial charge in [-0.15, -0.1) is 0 Å². The van der Waals surface area contributed by atoms with Gasteiger partial charge in [0.1, 0.15) is 0 Å². The highest BCUT2D eigenvalue weighted by Crippen LogP contribution is 2.70. The summed E-state index contributed by atoms with van der Waals surface area (Å²) in [6.07, 6.45) is 37.1. The summed E-state index contributed by atoms with van der Waals surface area (Å²) in [5.74, 6) is 4.16. The minimum absolute atomic E-state index is 0.0915. The largest absolute Gasteiger partial charge is 0.382 e. The SMILES string of the molecule is C1=CC2OC3C=CCCC3C2C(NC2C=C3C(CC2)C2CCC=CC2C32c3ccccc3C3C=CC=CC32)=C1. The van der Waals surface area contributed by atoms with Crippen molar-refractivity contribution in [1.82, 2.24) is 5.32 Å². The van der Waals surface area contributed by atoms with Crippen molar-refractivity contribution < 1.29 is 4.74 Å². The molecular formula is C37H39NO. The van der Waals surface area contributed by atoms with E-state index >= 15 is 0 Å². The average Bonchev–Trinajstić information content (AvgIpc) is 3.62. The van der Waals surface area contributed by atoms with Crippen LogP contribution in [0.3, 0.4) is 0 Å². The fourth-order valence-electron chi connectivity index (χ4n) is 10.5. The van der Waals surface area contributed by atoms with Gasteiger partial charge in [-0.1, -0.05) is 96.7 Å². The summed E-state index contributed by atoms with van der Waals surface area (Å²) >= 11 is 0. The maximum absolute atomic E-state index is 6.51. The first kappa shape index (κ1) is 22.9. The van der Waals surface area contributed by atoms with Crippen LogP contribution < -0.4 is 5.32 Å². The molecule has 11 unspecified atom stereocenters. The third kappa shape index (κ3) is 3.07. The van der Waals surface area contributed by atoms with Crippen LogP contribution in [0.25, 0.3) is 0 Å². The van der Waals surface area contributed by atoms with Crippen molar-refractivity contribution in [3.8, 4) is 0 Å². The molecule has 1 saturated carbocycles. The number of ether oxygens (including phenoxy) is 1. The molecule has 9 rings (SSSR count). The molecule has 0 aromatic heterocycles. The second-order valence-electron chi connectivity index (χ2n) is 13.3. The maximum Gasteiger partial charge on any atom is 0.0853 e. The van der Waals surface area contributed by atoms with Gasteiger partial charge >= 0.3 is 0 Å². The molecule has 0 bridgehead atoms. The van der Waals surface area contributed by atoms with Gasteiger partial charge < -0.3 is 10.1 Å². The fourth-order valence-corrected chi connectivity index (χ4v) is 10.5. The normalized spacial score (nSPS) is 45.6. The van der Waals surface area contributed by atoms with Crippen molar-refractivity contribution in [2.75, 3.05) is 0 Å². The topological polar surface area (TPSA) is 21.3 Å². The predicted octanol–water partition coefficient (Wildman–Crippen LogP) is 7.46. The molecule has 198 valence electrons. The van der Waals surface area contributed by atoms with E-state index in [2.05, 4.69) is 102 Å². The van der Waals surface area contributed by atoms with Crippen molar-refractivity contribution in [3.05, 3.63) is 120 Å². The Kier molecular flexibility index (Phi) is 5.04. The maximum atomic E-state index is 6.51. The fraction of sp³-hybridized carbons (Fsp3) is 0.459. The Morgan fingerprint density at radius 3 is 2.62 bits per heavy atom. The van der Waals surface area contributed by atoms with Crippen LogP contribution in [-0.2, 0) is 10.2 Å². The van der Waals surface area contributed by atoms with Crippen molar-refractivity contribution >= 4 is 0 Å². The molecule has 2 nitrogen and oxygen atoms in total. The van der Waals surface area contributed by atoms with E-state index in [0.29, 0.717) is 41.5 Å². The van der Waals surface area contributed by atoms with Crippen LogP contribution in [0.1, 0.15) is 55.6 Å².